The molecule has 0 saturated carbocycles. The molecule has 1 amide bonds. The van der Waals surface area contributed by atoms with E-state index in [-0.39, 0.29) is 12.5 Å². The molecule has 2 atom stereocenters. The minimum atomic E-state index is -0.831. The van der Waals surface area contributed by atoms with Gasteiger partial charge in [0.05, 0.1) is 18.8 Å². The zero-order valence-corrected chi connectivity index (χ0v) is 37.7. The molecule has 328 valence electrons. The highest BCUT2D eigenvalue weighted by atomic mass is 16.3. The second kappa shape index (κ2) is 47.5. The number of carbonyl (C=O) groups excluding carboxylic acids is 1. The van der Waals surface area contributed by atoms with Crippen LogP contribution in [-0.4, -0.2) is 34.9 Å². The van der Waals surface area contributed by atoms with E-state index in [1.54, 1.807) is 6.08 Å². The van der Waals surface area contributed by atoms with Crippen LogP contribution in [0.3, 0.4) is 0 Å². The number of aliphatic hydroxyl groups is 2. The van der Waals surface area contributed by atoms with Crippen LogP contribution in [0.25, 0.3) is 0 Å². The first kappa shape index (κ1) is 54.1. The van der Waals surface area contributed by atoms with Crippen molar-refractivity contribution in [1.29, 1.82) is 0 Å². The number of amides is 1. The van der Waals surface area contributed by atoms with Gasteiger partial charge in [-0.25, -0.2) is 0 Å². The lowest BCUT2D eigenvalue weighted by molar-refractivity contribution is -0.123. The number of unbranched alkanes of at least 4 members (excludes halogenated alkanes) is 40. The molecule has 0 aromatic heterocycles. The van der Waals surface area contributed by atoms with E-state index in [9.17, 15) is 15.0 Å². The van der Waals surface area contributed by atoms with Gasteiger partial charge in [-0.1, -0.05) is 276 Å². The number of rotatable bonds is 47. The summed E-state index contributed by atoms with van der Waals surface area (Å²) in [5.41, 5.74) is 0. The van der Waals surface area contributed by atoms with Crippen LogP contribution in [0.1, 0.15) is 290 Å². The Morgan fingerprint density at radius 1 is 0.418 bits per heavy atom. The van der Waals surface area contributed by atoms with Crippen molar-refractivity contribution in [2.45, 2.75) is 302 Å². The Labute approximate surface area is 346 Å². The summed E-state index contributed by atoms with van der Waals surface area (Å²) in [7, 11) is 0. The van der Waals surface area contributed by atoms with Gasteiger partial charge in [-0.2, -0.15) is 0 Å². The van der Waals surface area contributed by atoms with Crippen molar-refractivity contribution in [1.82, 2.24) is 5.32 Å². The number of allylic oxidation sites excluding steroid dienone is 1. The third-order valence-electron chi connectivity index (χ3n) is 12.0. The molecule has 0 rings (SSSR count). The predicted molar refractivity (Wildman–Crippen MR) is 244 cm³/mol. The van der Waals surface area contributed by atoms with Gasteiger partial charge < -0.3 is 15.5 Å². The first-order valence-electron chi connectivity index (χ1n) is 25.4. The number of carbonyl (C=O) groups is 1. The van der Waals surface area contributed by atoms with E-state index in [1.165, 1.54) is 244 Å². The lowest BCUT2D eigenvalue weighted by atomic mass is 10.0. The van der Waals surface area contributed by atoms with Crippen LogP contribution >= 0.6 is 0 Å². The van der Waals surface area contributed by atoms with Crippen LogP contribution in [-0.2, 0) is 4.79 Å². The molecule has 0 saturated heterocycles. The Morgan fingerprint density at radius 2 is 0.673 bits per heavy atom. The summed E-state index contributed by atoms with van der Waals surface area (Å²) in [6.07, 6.45) is 61.1. The van der Waals surface area contributed by atoms with Gasteiger partial charge in [-0.05, 0) is 19.3 Å². The SMILES string of the molecule is CCCCCCC/C=C/C(O)C(CO)NC(=O)CCCCCCCCCCCCCCCCCCCCCCCCCCCCCCCCCCCCCC. The largest absolute Gasteiger partial charge is 0.394 e. The highest BCUT2D eigenvalue weighted by molar-refractivity contribution is 5.76. The highest BCUT2D eigenvalue weighted by Gasteiger charge is 2.18. The zero-order chi connectivity index (χ0) is 40.0. The summed E-state index contributed by atoms with van der Waals surface area (Å²) in [6.45, 7) is 4.28. The maximum atomic E-state index is 12.3. The van der Waals surface area contributed by atoms with Crippen LogP contribution < -0.4 is 5.32 Å². The second-order valence-electron chi connectivity index (χ2n) is 17.6. The third kappa shape index (κ3) is 44.1. The molecule has 0 heterocycles. The van der Waals surface area contributed by atoms with E-state index >= 15 is 0 Å². The Hall–Kier alpha value is -0.870. The molecule has 0 bridgehead atoms. The van der Waals surface area contributed by atoms with E-state index in [0.29, 0.717) is 6.42 Å². The van der Waals surface area contributed by atoms with E-state index in [0.717, 1.165) is 25.7 Å². The predicted octanol–water partition coefficient (Wildman–Crippen LogP) is 16.2. The van der Waals surface area contributed by atoms with Gasteiger partial charge in [0.2, 0.25) is 5.91 Å². The third-order valence-corrected chi connectivity index (χ3v) is 12.0. The lowest BCUT2D eigenvalue weighted by Gasteiger charge is -2.20. The van der Waals surface area contributed by atoms with Crippen molar-refractivity contribution in [3.8, 4) is 0 Å². The maximum absolute atomic E-state index is 12.3. The van der Waals surface area contributed by atoms with E-state index in [4.69, 9.17) is 0 Å². The average molecular weight is 776 g/mol. The maximum Gasteiger partial charge on any atom is 0.220 e. The lowest BCUT2D eigenvalue weighted by Crippen LogP contribution is -2.45. The Bertz CT molecular complexity index is 754. The van der Waals surface area contributed by atoms with Crippen molar-refractivity contribution in [2.24, 2.45) is 0 Å². The Morgan fingerprint density at radius 3 is 0.945 bits per heavy atom. The van der Waals surface area contributed by atoms with Crippen molar-refractivity contribution in [3.63, 3.8) is 0 Å². The molecule has 2 unspecified atom stereocenters. The number of hydrogen-bond donors (Lipinski definition) is 3. The summed E-state index contributed by atoms with van der Waals surface area (Å²) < 4.78 is 0. The van der Waals surface area contributed by atoms with Gasteiger partial charge >= 0.3 is 0 Å². The fraction of sp³-hybridized carbons (Fsp3) is 0.941. The van der Waals surface area contributed by atoms with Crippen LogP contribution in [0.4, 0.5) is 0 Å². The van der Waals surface area contributed by atoms with Crippen molar-refractivity contribution < 1.29 is 15.0 Å². The van der Waals surface area contributed by atoms with Gasteiger partial charge in [0.25, 0.3) is 0 Å². The molecule has 0 spiro atoms. The monoisotopic (exact) mass is 776 g/mol. The van der Waals surface area contributed by atoms with Gasteiger partial charge in [0, 0.05) is 6.42 Å². The summed E-state index contributed by atoms with van der Waals surface area (Å²) in [4.78, 5) is 12.3. The molecule has 0 aliphatic carbocycles. The topological polar surface area (TPSA) is 69.6 Å². The Balaban J connectivity index is 3.29. The normalized spacial score (nSPS) is 12.9. The molecule has 0 radical (unpaired) electrons. The van der Waals surface area contributed by atoms with Crippen molar-refractivity contribution in [2.75, 3.05) is 6.61 Å². The van der Waals surface area contributed by atoms with Crippen molar-refractivity contribution in [3.05, 3.63) is 12.2 Å². The molecule has 4 heteroatoms. The summed E-state index contributed by atoms with van der Waals surface area (Å²) in [5, 5.41) is 22.8. The minimum absolute atomic E-state index is 0.0627. The molecular weight excluding hydrogens is 675 g/mol. The zero-order valence-electron chi connectivity index (χ0n) is 37.7. The smallest absolute Gasteiger partial charge is 0.220 e. The fourth-order valence-electron chi connectivity index (χ4n) is 8.12. The molecule has 0 fully saturated rings. The average Bonchev–Trinajstić information content (AvgIpc) is 3.19. The molecule has 0 aromatic rings. The fourth-order valence-corrected chi connectivity index (χ4v) is 8.12. The summed E-state index contributed by atoms with van der Waals surface area (Å²) in [5.74, 6) is -0.0627. The van der Waals surface area contributed by atoms with Gasteiger partial charge in [0.1, 0.15) is 0 Å². The molecular formula is C51H101NO3. The van der Waals surface area contributed by atoms with E-state index < -0.39 is 12.1 Å². The van der Waals surface area contributed by atoms with E-state index in [2.05, 4.69) is 19.2 Å². The summed E-state index contributed by atoms with van der Waals surface area (Å²) >= 11 is 0. The standard InChI is InChI=1S/C51H101NO3/c1-3-5-7-9-11-12-13-14-15-16-17-18-19-20-21-22-23-24-25-26-27-28-29-30-31-32-33-34-35-36-37-38-39-41-43-45-47-51(55)52-49(48-53)50(54)46-44-42-40-10-8-6-4-2/h44,46,49-50,53-54H,3-43,45,47-48H2,1-2H3,(H,52,55)/b46-44+. The molecule has 3 N–H and O–H groups in total. The molecule has 4 nitrogen and oxygen atoms in total. The first-order chi connectivity index (χ1) is 27.2. The molecule has 55 heavy (non-hydrogen) atoms. The highest BCUT2D eigenvalue weighted by Crippen LogP contribution is 2.18. The Kier molecular flexibility index (Phi) is 46.8. The minimum Gasteiger partial charge on any atom is -0.394 e. The molecule has 0 aliphatic heterocycles. The quantitative estimate of drug-likeness (QED) is 0.0426. The summed E-state index contributed by atoms with van der Waals surface area (Å²) in [6, 6.07) is -0.614. The van der Waals surface area contributed by atoms with Crippen molar-refractivity contribution >= 4 is 5.91 Å². The van der Waals surface area contributed by atoms with E-state index in [1.807, 2.05) is 6.08 Å². The van der Waals surface area contributed by atoms with Crippen LogP contribution in [0.15, 0.2) is 12.2 Å². The van der Waals surface area contributed by atoms with Gasteiger partial charge in [-0.15, -0.1) is 0 Å². The number of aliphatic hydroxyl groups excluding tert-OH is 2. The number of hydrogen-bond acceptors (Lipinski definition) is 3. The van der Waals surface area contributed by atoms with Gasteiger partial charge in [-0.3, -0.25) is 4.79 Å². The second-order valence-corrected chi connectivity index (χ2v) is 17.6. The van der Waals surface area contributed by atoms with Crippen LogP contribution in [0.2, 0.25) is 0 Å². The number of nitrogens with one attached hydrogen (secondary N) is 1. The van der Waals surface area contributed by atoms with Gasteiger partial charge in [0.15, 0.2) is 0 Å². The first-order valence-corrected chi connectivity index (χ1v) is 25.4. The van der Waals surface area contributed by atoms with Crippen LogP contribution in [0, 0.1) is 0 Å². The molecule has 0 aliphatic rings. The van der Waals surface area contributed by atoms with Crippen LogP contribution in [0.5, 0.6) is 0 Å². The molecule has 0 aromatic carbocycles.